The first kappa shape index (κ1) is 40.3. The number of benzene rings is 11. The van der Waals surface area contributed by atoms with Crippen molar-refractivity contribution in [2.75, 3.05) is 4.90 Å². The minimum Gasteiger partial charge on any atom is -0.310 e. The molecule has 2 nitrogen and oxygen atoms in total. The van der Waals surface area contributed by atoms with Crippen molar-refractivity contribution in [1.82, 2.24) is 4.57 Å². The molecule has 11 aromatic carbocycles. The highest BCUT2D eigenvalue weighted by Crippen LogP contribution is 2.59. The fraction of sp³-hybridized carbons (Fsp3) is 0.0149. The summed E-state index contributed by atoms with van der Waals surface area (Å²) in [4.78, 5) is 2.47. The first-order chi connectivity index (χ1) is 34.7. The molecule has 2 aromatic heterocycles. The second kappa shape index (κ2) is 16.2. The lowest BCUT2D eigenvalue weighted by Crippen LogP contribution is -2.28. The minimum atomic E-state index is -0.513. The van der Waals surface area contributed by atoms with Gasteiger partial charge in [-0.05, 0) is 117 Å². The van der Waals surface area contributed by atoms with Crippen LogP contribution in [0, 0.1) is 0 Å². The quantitative estimate of drug-likeness (QED) is 0.147. The monoisotopic (exact) mass is 908 g/mol. The molecule has 0 aliphatic heterocycles. The number of anilines is 3. The Bertz CT molecular complexity index is 4000. The van der Waals surface area contributed by atoms with E-state index in [0.29, 0.717) is 0 Å². The van der Waals surface area contributed by atoms with Gasteiger partial charge in [-0.1, -0.05) is 200 Å². The molecule has 13 aromatic rings. The summed E-state index contributed by atoms with van der Waals surface area (Å²) >= 11 is 1.87. The van der Waals surface area contributed by atoms with Gasteiger partial charge in [0.15, 0.2) is 0 Å². The van der Waals surface area contributed by atoms with Gasteiger partial charge in [-0.15, -0.1) is 11.3 Å². The van der Waals surface area contributed by atoms with Crippen LogP contribution >= 0.6 is 11.3 Å². The highest BCUT2D eigenvalue weighted by molar-refractivity contribution is 7.25. The molecule has 0 saturated carbocycles. The van der Waals surface area contributed by atoms with Crippen molar-refractivity contribution in [3.05, 3.63) is 289 Å². The molecule has 70 heavy (non-hydrogen) atoms. The zero-order chi connectivity index (χ0) is 46.2. The van der Waals surface area contributed by atoms with Gasteiger partial charge in [0.2, 0.25) is 0 Å². The molecule has 14 rings (SSSR count). The molecule has 0 bridgehead atoms. The number of rotatable bonds is 8. The minimum absolute atomic E-state index is 0.513. The number of fused-ring (bicyclic) bond motifs is 9. The Morgan fingerprint density at radius 2 is 0.829 bits per heavy atom. The van der Waals surface area contributed by atoms with Gasteiger partial charge in [-0.3, -0.25) is 0 Å². The van der Waals surface area contributed by atoms with E-state index in [9.17, 15) is 0 Å². The first-order valence-electron chi connectivity index (χ1n) is 24.1. The molecule has 0 fully saturated rings. The fourth-order valence-electron chi connectivity index (χ4n) is 11.6. The predicted octanol–water partition coefficient (Wildman–Crippen LogP) is 18.3. The molecule has 0 radical (unpaired) electrons. The molecule has 0 saturated heterocycles. The summed E-state index contributed by atoms with van der Waals surface area (Å²) < 4.78 is 5.01. The van der Waals surface area contributed by atoms with Crippen molar-refractivity contribution in [3.63, 3.8) is 0 Å². The van der Waals surface area contributed by atoms with Crippen LogP contribution < -0.4 is 4.90 Å². The van der Waals surface area contributed by atoms with Gasteiger partial charge in [0.25, 0.3) is 0 Å². The Hall–Kier alpha value is -8.76. The summed E-state index contributed by atoms with van der Waals surface area (Å²) in [6, 6.07) is 98.5. The Balaban J connectivity index is 0.909. The summed E-state index contributed by atoms with van der Waals surface area (Å²) in [7, 11) is 0. The summed E-state index contributed by atoms with van der Waals surface area (Å²) in [6.07, 6.45) is 0. The molecular formula is C67H44N2S. The van der Waals surface area contributed by atoms with E-state index in [1.807, 2.05) is 11.3 Å². The molecule has 0 N–H and O–H groups in total. The Labute approximate surface area is 411 Å². The first-order valence-corrected chi connectivity index (χ1v) is 24.9. The zero-order valence-electron chi connectivity index (χ0n) is 38.2. The van der Waals surface area contributed by atoms with Crippen LogP contribution in [0.3, 0.4) is 0 Å². The lowest BCUT2D eigenvalue weighted by atomic mass is 9.68. The van der Waals surface area contributed by atoms with E-state index in [2.05, 4.69) is 276 Å². The van der Waals surface area contributed by atoms with Crippen molar-refractivity contribution < 1.29 is 0 Å². The average molecular weight is 909 g/mol. The van der Waals surface area contributed by atoms with Crippen LogP contribution in [0.1, 0.15) is 22.3 Å². The SMILES string of the molecule is c1ccc(C2(c3ccccc3)c3ccccc3-c3c(N(c4ccc(-c5ccc(-n6c7ccccc7c7ccccc76)cc5)cc4)c4ccc(-c5ccc6c(c5)sc5ccccc56)cc4)cccc32)cc1. The zero-order valence-corrected chi connectivity index (χ0v) is 39.0. The molecule has 0 amide bonds. The van der Waals surface area contributed by atoms with E-state index in [1.54, 1.807) is 0 Å². The average Bonchev–Trinajstić information content (AvgIpc) is 4.09. The molecule has 0 atom stereocenters. The lowest BCUT2D eigenvalue weighted by molar-refractivity contribution is 0.768. The van der Waals surface area contributed by atoms with Gasteiger partial charge < -0.3 is 9.47 Å². The molecular weight excluding hydrogens is 865 g/mol. The summed E-state index contributed by atoms with van der Waals surface area (Å²) in [5, 5.41) is 5.17. The fourth-order valence-corrected chi connectivity index (χ4v) is 12.7. The standard InChI is InChI=1S/C67H44N2S/c1-3-16-49(17-4-1)67(50-18-5-2-6-19-50)59-24-11-7-23-58(59)66-60(67)25-15-28-63(66)68(52-39-34-47(35-40-52)48-36-43-57-56-22-10-14-29-64(56)70-65(57)44-48)51-37-30-45(31-38-51)46-32-41-53(42-33-46)69-61-26-12-8-20-54(61)55-21-9-13-27-62(55)69/h1-44H. The second-order valence-electron chi connectivity index (χ2n) is 18.4. The molecule has 1 aliphatic carbocycles. The number of nitrogens with zero attached hydrogens (tertiary/aromatic N) is 2. The van der Waals surface area contributed by atoms with Crippen LogP contribution in [0.25, 0.3) is 81.0 Å². The number of hydrogen-bond acceptors (Lipinski definition) is 2. The van der Waals surface area contributed by atoms with Gasteiger partial charge in [0.05, 0.1) is 22.1 Å². The van der Waals surface area contributed by atoms with Crippen LogP contribution in [0.15, 0.2) is 267 Å². The Morgan fingerprint density at radius 3 is 1.47 bits per heavy atom. The molecule has 1 aliphatic rings. The van der Waals surface area contributed by atoms with E-state index in [1.165, 1.54) is 97.6 Å². The van der Waals surface area contributed by atoms with Crippen LogP contribution in [-0.4, -0.2) is 4.57 Å². The second-order valence-corrected chi connectivity index (χ2v) is 19.5. The van der Waals surface area contributed by atoms with Crippen LogP contribution in [-0.2, 0) is 5.41 Å². The third kappa shape index (κ3) is 6.19. The largest absolute Gasteiger partial charge is 0.310 e. The molecule has 3 heteroatoms. The molecule has 0 unspecified atom stereocenters. The van der Waals surface area contributed by atoms with Crippen LogP contribution in [0.5, 0.6) is 0 Å². The topological polar surface area (TPSA) is 8.17 Å². The van der Waals surface area contributed by atoms with Crippen molar-refractivity contribution in [1.29, 1.82) is 0 Å². The van der Waals surface area contributed by atoms with Crippen molar-refractivity contribution in [3.8, 4) is 39.1 Å². The molecule has 2 heterocycles. The normalized spacial score (nSPS) is 12.7. The van der Waals surface area contributed by atoms with Gasteiger partial charge in [-0.2, -0.15) is 0 Å². The number of thiophene rings is 1. The lowest BCUT2D eigenvalue weighted by Gasteiger charge is -2.34. The third-order valence-electron chi connectivity index (χ3n) is 14.7. The predicted molar refractivity (Wildman–Crippen MR) is 297 cm³/mol. The van der Waals surface area contributed by atoms with E-state index in [4.69, 9.17) is 0 Å². The van der Waals surface area contributed by atoms with E-state index < -0.39 is 5.41 Å². The van der Waals surface area contributed by atoms with Crippen LogP contribution in [0.4, 0.5) is 17.1 Å². The maximum atomic E-state index is 2.47. The number of aromatic nitrogens is 1. The smallest absolute Gasteiger partial charge is 0.0714 e. The number of hydrogen-bond donors (Lipinski definition) is 0. The van der Waals surface area contributed by atoms with E-state index in [0.717, 1.165) is 22.7 Å². The Morgan fingerprint density at radius 1 is 0.343 bits per heavy atom. The van der Waals surface area contributed by atoms with Crippen molar-refractivity contribution in [2.24, 2.45) is 0 Å². The van der Waals surface area contributed by atoms with Crippen molar-refractivity contribution in [2.45, 2.75) is 5.41 Å². The highest BCUT2D eigenvalue weighted by Gasteiger charge is 2.47. The number of para-hydroxylation sites is 2. The van der Waals surface area contributed by atoms with E-state index >= 15 is 0 Å². The Kier molecular flexibility index (Phi) is 9.33. The highest BCUT2D eigenvalue weighted by atomic mass is 32.1. The van der Waals surface area contributed by atoms with Gasteiger partial charge in [-0.25, -0.2) is 0 Å². The van der Waals surface area contributed by atoms with Gasteiger partial charge in [0.1, 0.15) is 0 Å². The summed E-state index contributed by atoms with van der Waals surface area (Å²) in [5.41, 5.74) is 18.7. The van der Waals surface area contributed by atoms with Gasteiger partial charge in [0, 0.05) is 53.6 Å². The summed E-state index contributed by atoms with van der Waals surface area (Å²) in [5.74, 6) is 0. The van der Waals surface area contributed by atoms with Crippen LogP contribution in [0.2, 0.25) is 0 Å². The van der Waals surface area contributed by atoms with Gasteiger partial charge >= 0.3 is 0 Å². The third-order valence-corrected chi connectivity index (χ3v) is 15.8. The van der Waals surface area contributed by atoms with Crippen molar-refractivity contribution >= 4 is 70.4 Å². The van der Waals surface area contributed by atoms with E-state index in [-0.39, 0.29) is 0 Å². The molecule has 0 spiro atoms. The maximum absolute atomic E-state index is 2.47. The maximum Gasteiger partial charge on any atom is 0.0714 e. The summed E-state index contributed by atoms with van der Waals surface area (Å²) in [6.45, 7) is 0. The molecule has 328 valence electrons.